The third-order valence-corrected chi connectivity index (χ3v) is 8.15. The van der Waals surface area contributed by atoms with E-state index in [1.165, 1.54) is 34.4 Å². The Bertz CT molecular complexity index is 1200. The van der Waals surface area contributed by atoms with Gasteiger partial charge in [-0.25, -0.2) is 4.98 Å². The number of carbonyl (C=O) groups is 2. The molecule has 0 spiro atoms. The number of hydrogen-bond donors (Lipinski definition) is 0. The zero-order valence-electron chi connectivity index (χ0n) is 17.1. The van der Waals surface area contributed by atoms with Gasteiger partial charge < -0.3 is 9.80 Å². The van der Waals surface area contributed by atoms with Crippen molar-refractivity contribution in [1.82, 2.24) is 19.7 Å². The van der Waals surface area contributed by atoms with Gasteiger partial charge in [0.15, 0.2) is 5.01 Å². The lowest BCUT2D eigenvalue weighted by molar-refractivity contribution is -0.136. The van der Waals surface area contributed by atoms with Crippen molar-refractivity contribution in [3.05, 3.63) is 50.2 Å². The maximum atomic E-state index is 13.8. The molecule has 2 aromatic heterocycles. The minimum absolute atomic E-state index is 0.00153. The first kappa shape index (κ1) is 22.6. The summed E-state index contributed by atoms with van der Waals surface area (Å²) < 4.78 is 41.7. The minimum Gasteiger partial charge on any atom is -0.335 e. The smallest absolute Gasteiger partial charge is 0.335 e. The molecule has 2 fully saturated rings. The van der Waals surface area contributed by atoms with Crippen LogP contribution in [0, 0.1) is 0 Å². The molecule has 2 saturated heterocycles. The summed E-state index contributed by atoms with van der Waals surface area (Å²) >= 11 is 8.07. The highest BCUT2D eigenvalue weighted by atomic mass is 35.5. The van der Waals surface area contributed by atoms with E-state index in [-0.39, 0.29) is 22.2 Å². The SMILES string of the molecule is O=C(c1nccs1)N1CCN(C2CN(C(=O)c3sc4cc(Cl)ccc4c3C(F)(F)F)C2)CC1. The standard InChI is InChI=1S/C21H18ClF3N4O2S2/c22-12-1-2-14-15(9-12)33-17(16(14)21(23,24)25)19(30)29-10-13(11-29)27-4-6-28(7-5-27)20(31)18-26-3-8-32-18/h1-3,8-9,13H,4-7,10-11H2. The molecular weight excluding hydrogens is 497 g/mol. The molecule has 0 atom stereocenters. The van der Waals surface area contributed by atoms with Gasteiger partial charge >= 0.3 is 6.18 Å². The van der Waals surface area contributed by atoms with E-state index in [2.05, 4.69) is 9.88 Å². The van der Waals surface area contributed by atoms with Crippen LogP contribution in [-0.2, 0) is 6.18 Å². The molecule has 0 saturated carbocycles. The van der Waals surface area contributed by atoms with Gasteiger partial charge in [-0.1, -0.05) is 17.7 Å². The first-order valence-corrected chi connectivity index (χ1v) is 12.3. The molecule has 174 valence electrons. The molecule has 5 rings (SSSR count). The second-order valence-corrected chi connectivity index (χ2v) is 10.4. The maximum absolute atomic E-state index is 13.8. The molecule has 2 amide bonds. The number of aromatic nitrogens is 1. The summed E-state index contributed by atoms with van der Waals surface area (Å²) in [6.45, 7) is 3.14. The number of hydrogen-bond acceptors (Lipinski definition) is 6. The van der Waals surface area contributed by atoms with E-state index in [4.69, 9.17) is 11.6 Å². The number of carbonyl (C=O) groups excluding carboxylic acids is 2. The van der Waals surface area contributed by atoms with Crippen molar-refractivity contribution < 1.29 is 22.8 Å². The van der Waals surface area contributed by atoms with Gasteiger partial charge in [0.25, 0.3) is 11.8 Å². The lowest BCUT2D eigenvalue weighted by Crippen LogP contribution is -2.64. The van der Waals surface area contributed by atoms with E-state index < -0.39 is 17.6 Å². The van der Waals surface area contributed by atoms with Crippen LogP contribution in [0.5, 0.6) is 0 Å². The average Bonchev–Trinajstić information content (AvgIpc) is 3.40. The van der Waals surface area contributed by atoms with E-state index in [0.29, 0.717) is 54.0 Å². The third-order valence-electron chi connectivity index (χ3n) is 6.01. The first-order valence-electron chi connectivity index (χ1n) is 10.2. The van der Waals surface area contributed by atoms with Crippen LogP contribution >= 0.6 is 34.3 Å². The summed E-state index contributed by atoms with van der Waals surface area (Å²) in [5.41, 5.74) is -0.887. The zero-order chi connectivity index (χ0) is 23.3. The van der Waals surface area contributed by atoms with E-state index in [9.17, 15) is 22.8 Å². The summed E-state index contributed by atoms with van der Waals surface area (Å²) in [6, 6.07) is 4.25. The fourth-order valence-electron chi connectivity index (χ4n) is 4.25. The number of benzene rings is 1. The van der Waals surface area contributed by atoms with Crippen LogP contribution in [0.2, 0.25) is 5.02 Å². The molecule has 33 heavy (non-hydrogen) atoms. The Balaban J connectivity index is 1.24. The van der Waals surface area contributed by atoms with Gasteiger partial charge in [0.1, 0.15) is 4.88 Å². The molecule has 1 aromatic carbocycles. The number of rotatable bonds is 3. The fraction of sp³-hybridized carbons (Fsp3) is 0.381. The van der Waals surface area contributed by atoms with Crippen LogP contribution in [0.4, 0.5) is 13.2 Å². The molecule has 0 radical (unpaired) electrons. The normalized spacial score (nSPS) is 18.1. The van der Waals surface area contributed by atoms with Crippen LogP contribution in [0.25, 0.3) is 10.1 Å². The molecule has 4 heterocycles. The van der Waals surface area contributed by atoms with Crippen molar-refractivity contribution in [3.8, 4) is 0 Å². The fourth-order valence-corrected chi connectivity index (χ4v) is 6.32. The Morgan fingerprint density at radius 1 is 1.06 bits per heavy atom. The van der Waals surface area contributed by atoms with Gasteiger partial charge in [-0.3, -0.25) is 14.5 Å². The summed E-state index contributed by atoms with van der Waals surface area (Å²) in [5, 5.41) is 2.55. The van der Waals surface area contributed by atoms with Crippen molar-refractivity contribution in [2.45, 2.75) is 12.2 Å². The monoisotopic (exact) mass is 514 g/mol. The Labute approximate surface area is 200 Å². The van der Waals surface area contributed by atoms with E-state index in [1.54, 1.807) is 16.5 Å². The minimum atomic E-state index is -4.64. The quantitative estimate of drug-likeness (QED) is 0.522. The summed E-state index contributed by atoms with van der Waals surface area (Å²) in [4.78, 5) is 34.6. The van der Waals surface area contributed by atoms with Gasteiger partial charge in [0.05, 0.1) is 5.56 Å². The van der Waals surface area contributed by atoms with E-state index in [0.717, 1.165) is 11.3 Å². The highest BCUT2D eigenvalue weighted by Gasteiger charge is 2.43. The highest BCUT2D eigenvalue weighted by molar-refractivity contribution is 7.21. The number of thiophene rings is 1. The second kappa shape index (κ2) is 8.53. The average molecular weight is 515 g/mol. The van der Waals surface area contributed by atoms with Gasteiger partial charge in [0, 0.05) is 72.0 Å². The maximum Gasteiger partial charge on any atom is 0.418 e. The number of fused-ring (bicyclic) bond motifs is 1. The lowest BCUT2D eigenvalue weighted by atomic mass is 10.0. The zero-order valence-corrected chi connectivity index (χ0v) is 19.5. The van der Waals surface area contributed by atoms with Crippen LogP contribution in [0.3, 0.4) is 0 Å². The Kier molecular flexibility index (Phi) is 5.84. The number of nitrogens with zero attached hydrogens (tertiary/aromatic N) is 4. The van der Waals surface area contributed by atoms with Crippen LogP contribution in [-0.4, -0.2) is 76.8 Å². The molecule has 12 heteroatoms. The van der Waals surface area contributed by atoms with Crippen molar-refractivity contribution in [2.75, 3.05) is 39.3 Å². The van der Waals surface area contributed by atoms with Gasteiger partial charge in [-0.05, 0) is 12.1 Å². The molecular formula is C21H18ClF3N4O2S2. The molecule has 2 aliphatic heterocycles. The van der Waals surface area contributed by atoms with E-state index in [1.807, 2.05) is 0 Å². The summed E-state index contributed by atoms with van der Waals surface area (Å²) in [6.07, 6.45) is -3.04. The van der Waals surface area contributed by atoms with E-state index >= 15 is 0 Å². The Hall–Kier alpha value is -2.21. The van der Waals surface area contributed by atoms with Crippen LogP contribution in [0.1, 0.15) is 25.0 Å². The van der Waals surface area contributed by atoms with Crippen LogP contribution in [0.15, 0.2) is 29.8 Å². The number of piperazine rings is 1. The number of amides is 2. The number of alkyl halides is 3. The van der Waals surface area contributed by atoms with Gasteiger partial charge in [0.2, 0.25) is 0 Å². The van der Waals surface area contributed by atoms with Crippen molar-refractivity contribution >= 4 is 56.2 Å². The number of thiazole rings is 1. The van der Waals surface area contributed by atoms with Crippen molar-refractivity contribution in [2.24, 2.45) is 0 Å². The number of likely N-dealkylation sites (tertiary alicyclic amines) is 1. The molecule has 0 aliphatic carbocycles. The lowest BCUT2D eigenvalue weighted by Gasteiger charge is -2.48. The highest BCUT2D eigenvalue weighted by Crippen LogP contribution is 2.43. The van der Waals surface area contributed by atoms with Crippen LogP contribution < -0.4 is 0 Å². The number of halogens is 4. The molecule has 3 aromatic rings. The van der Waals surface area contributed by atoms with Crippen molar-refractivity contribution in [3.63, 3.8) is 0 Å². The molecule has 6 nitrogen and oxygen atoms in total. The predicted octanol–water partition coefficient (Wildman–Crippen LogP) is 4.31. The third kappa shape index (κ3) is 4.23. The predicted molar refractivity (Wildman–Crippen MR) is 121 cm³/mol. The Morgan fingerprint density at radius 3 is 2.42 bits per heavy atom. The second-order valence-electron chi connectivity index (χ2n) is 7.97. The Morgan fingerprint density at radius 2 is 1.79 bits per heavy atom. The van der Waals surface area contributed by atoms with Gasteiger partial charge in [-0.2, -0.15) is 13.2 Å². The molecule has 0 N–H and O–H groups in total. The molecule has 2 aliphatic rings. The topological polar surface area (TPSA) is 56.8 Å². The summed E-state index contributed by atoms with van der Waals surface area (Å²) in [5.74, 6) is -0.687. The van der Waals surface area contributed by atoms with Gasteiger partial charge in [-0.15, -0.1) is 22.7 Å². The first-order chi connectivity index (χ1) is 15.7. The molecule has 0 unspecified atom stereocenters. The summed E-state index contributed by atoms with van der Waals surface area (Å²) in [7, 11) is 0. The van der Waals surface area contributed by atoms with Crippen molar-refractivity contribution in [1.29, 1.82) is 0 Å². The molecule has 0 bridgehead atoms. The largest absolute Gasteiger partial charge is 0.418 e.